The zero-order valence-corrected chi connectivity index (χ0v) is 15.8. The molecule has 0 atom stereocenters. The Hall–Kier alpha value is -2.99. The zero-order chi connectivity index (χ0) is 19.0. The van der Waals surface area contributed by atoms with Gasteiger partial charge in [-0.15, -0.1) is 0 Å². The summed E-state index contributed by atoms with van der Waals surface area (Å²) < 4.78 is 2.16. The summed E-state index contributed by atoms with van der Waals surface area (Å²) in [6.07, 6.45) is 3.73. The molecule has 0 fully saturated rings. The third kappa shape index (κ3) is 3.36. The molecule has 27 heavy (non-hydrogen) atoms. The number of thioether (sulfide) groups is 1. The molecule has 0 radical (unpaired) electrons. The Morgan fingerprint density at radius 2 is 1.93 bits per heavy atom. The molecule has 0 aliphatic carbocycles. The summed E-state index contributed by atoms with van der Waals surface area (Å²) in [5, 5.41) is 11.3. The van der Waals surface area contributed by atoms with Gasteiger partial charge < -0.3 is 14.7 Å². The molecule has 2 aromatic heterocycles. The summed E-state index contributed by atoms with van der Waals surface area (Å²) in [7, 11) is 0. The molecule has 2 aromatic carbocycles. The number of nitrogens with zero attached hydrogens (tertiary/aromatic N) is 2. The lowest BCUT2D eigenvalue weighted by Gasteiger charge is -2.08. The molecule has 4 rings (SSSR count). The second-order valence-electron chi connectivity index (χ2n) is 6.58. The summed E-state index contributed by atoms with van der Waals surface area (Å²) >= 11 is 1.13. The number of para-hydroxylation sites is 3. The number of H-pyrrole nitrogens is 1. The lowest BCUT2D eigenvalue weighted by molar-refractivity contribution is -0.131. The Morgan fingerprint density at radius 1 is 1.19 bits per heavy atom. The van der Waals surface area contributed by atoms with Gasteiger partial charge in [0.2, 0.25) is 0 Å². The SMILES string of the molecule is CC(C)n1cc(/C=C(\Sc2nc3ccccc3[nH]2)C(=O)O)c2ccccc21. The summed E-state index contributed by atoms with van der Waals surface area (Å²) in [5.41, 5.74) is 3.69. The Labute approximate surface area is 160 Å². The maximum atomic E-state index is 11.9. The fraction of sp³-hybridized carbons (Fsp3) is 0.143. The van der Waals surface area contributed by atoms with Crippen molar-refractivity contribution in [2.75, 3.05) is 0 Å². The molecule has 6 heteroatoms. The van der Waals surface area contributed by atoms with Crippen molar-refractivity contribution in [3.8, 4) is 0 Å². The molecule has 0 saturated heterocycles. The highest BCUT2D eigenvalue weighted by atomic mass is 32.2. The first kappa shape index (κ1) is 17.4. The van der Waals surface area contributed by atoms with Gasteiger partial charge >= 0.3 is 5.97 Å². The van der Waals surface area contributed by atoms with E-state index < -0.39 is 5.97 Å². The average Bonchev–Trinajstić information content (AvgIpc) is 3.22. The number of hydrogen-bond donors (Lipinski definition) is 2. The number of aliphatic carboxylic acids is 1. The smallest absolute Gasteiger partial charge is 0.342 e. The van der Waals surface area contributed by atoms with E-state index in [0.717, 1.165) is 39.3 Å². The largest absolute Gasteiger partial charge is 0.477 e. The van der Waals surface area contributed by atoms with Crippen LogP contribution in [0.4, 0.5) is 0 Å². The number of carboxylic acid groups (broad SMARTS) is 1. The molecule has 5 nitrogen and oxygen atoms in total. The summed E-state index contributed by atoms with van der Waals surface area (Å²) in [6, 6.07) is 16.0. The van der Waals surface area contributed by atoms with E-state index in [9.17, 15) is 9.90 Å². The minimum Gasteiger partial charge on any atom is -0.477 e. The lowest BCUT2D eigenvalue weighted by Crippen LogP contribution is -1.98. The predicted molar refractivity (Wildman–Crippen MR) is 110 cm³/mol. The maximum absolute atomic E-state index is 11.9. The summed E-state index contributed by atoms with van der Waals surface area (Å²) in [6.45, 7) is 4.22. The number of nitrogens with one attached hydrogen (secondary N) is 1. The van der Waals surface area contributed by atoms with Crippen LogP contribution >= 0.6 is 11.8 Å². The van der Waals surface area contributed by atoms with E-state index in [-0.39, 0.29) is 10.9 Å². The van der Waals surface area contributed by atoms with E-state index in [1.165, 1.54) is 0 Å². The van der Waals surface area contributed by atoms with Crippen molar-refractivity contribution in [2.24, 2.45) is 0 Å². The lowest BCUT2D eigenvalue weighted by atomic mass is 10.1. The minimum absolute atomic E-state index is 0.223. The van der Waals surface area contributed by atoms with Crippen LogP contribution in [-0.2, 0) is 4.79 Å². The Morgan fingerprint density at radius 3 is 2.67 bits per heavy atom. The number of fused-ring (bicyclic) bond motifs is 2. The van der Waals surface area contributed by atoms with Gasteiger partial charge in [-0.3, -0.25) is 0 Å². The van der Waals surface area contributed by atoms with Crippen LogP contribution in [0.1, 0.15) is 25.5 Å². The second-order valence-corrected chi connectivity index (χ2v) is 7.61. The van der Waals surface area contributed by atoms with Gasteiger partial charge in [0.05, 0.1) is 11.0 Å². The number of imidazole rings is 1. The molecule has 2 N–H and O–H groups in total. The van der Waals surface area contributed by atoms with Gasteiger partial charge in [0.15, 0.2) is 5.16 Å². The highest BCUT2D eigenvalue weighted by Crippen LogP contribution is 2.31. The molecule has 0 bridgehead atoms. The molecule has 2 heterocycles. The number of hydrogen-bond acceptors (Lipinski definition) is 3. The van der Waals surface area contributed by atoms with Gasteiger partial charge in [-0.05, 0) is 49.9 Å². The van der Waals surface area contributed by atoms with Crippen LogP contribution in [0, 0.1) is 0 Å². The van der Waals surface area contributed by atoms with Crippen LogP contribution in [0.15, 0.2) is 64.8 Å². The van der Waals surface area contributed by atoms with Crippen LogP contribution in [-0.4, -0.2) is 25.6 Å². The molecular formula is C21H19N3O2S. The van der Waals surface area contributed by atoms with Crippen molar-refractivity contribution >= 4 is 45.7 Å². The fourth-order valence-corrected chi connectivity index (χ4v) is 3.92. The van der Waals surface area contributed by atoms with Gasteiger partial charge in [0.1, 0.15) is 4.91 Å². The van der Waals surface area contributed by atoms with E-state index >= 15 is 0 Å². The van der Waals surface area contributed by atoms with Crippen LogP contribution in [0.5, 0.6) is 0 Å². The number of benzene rings is 2. The van der Waals surface area contributed by atoms with Crippen molar-refractivity contribution in [1.29, 1.82) is 0 Å². The molecule has 0 spiro atoms. The second kappa shape index (κ2) is 6.96. The van der Waals surface area contributed by atoms with Crippen LogP contribution in [0.25, 0.3) is 28.0 Å². The third-order valence-corrected chi connectivity index (χ3v) is 5.30. The third-order valence-electron chi connectivity index (χ3n) is 4.40. The molecule has 0 aliphatic heterocycles. The fourth-order valence-electron chi connectivity index (χ4n) is 3.13. The van der Waals surface area contributed by atoms with Crippen molar-refractivity contribution in [2.45, 2.75) is 25.0 Å². The standard InChI is InChI=1S/C21H19N3O2S/c1-13(2)24-12-14(15-7-3-6-10-18(15)24)11-19(20(25)26)27-21-22-16-8-4-5-9-17(16)23-21/h3-13H,1-2H3,(H,22,23)(H,25,26)/b19-11-. The average molecular weight is 377 g/mol. The topological polar surface area (TPSA) is 70.9 Å². The molecule has 4 aromatic rings. The van der Waals surface area contributed by atoms with Gasteiger partial charge in [0, 0.05) is 28.7 Å². The van der Waals surface area contributed by atoms with E-state index in [4.69, 9.17) is 0 Å². The molecular weight excluding hydrogens is 358 g/mol. The maximum Gasteiger partial charge on any atom is 0.342 e. The number of carbonyl (C=O) groups is 1. The van der Waals surface area contributed by atoms with E-state index in [2.05, 4.69) is 34.4 Å². The Balaban J connectivity index is 1.77. The Kier molecular flexibility index (Phi) is 4.49. The van der Waals surface area contributed by atoms with Crippen molar-refractivity contribution in [3.05, 3.63) is 65.2 Å². The molecule has 0 amide bonds. The Bertz CT molecular complexity index is 1140. The highest BCUT2D eigenvalue weighted by Gasteiger charge is 2.15. The zero-order valence-electron chi connectivity index (χ0n) is 15.0. The van der Waals surface area contributed by atoms with E-state index in [1.54, 1.807) is 6.08 Å². The van der Waals surface area contributed by atoms with E-state index in [1.807, 2.05) is 48.7 Å². The number of aromatic nitrogens is 3. The monoisotopic (exact) mass is 377 g/mol. The summed E-state index contributed by atoms with van der Waals surface area (Å²) in [5.74, 6) is -0.971. The molecule has 136 valence electrons. The van der Waals surface area contributed by atoms with Crippen molar-refractivity contribution in [3.63, 3.8) is 0 Å². The van der Waals surface area contributed by atoms with Crippen LogP contribution in [0.2, 0.25) is 0 Å². The van der Waals surface area contributed by atoms with Gasteiger partial charge in [-0.1, -0.05) is 30.3 Å². The number of rotatable bonds is 5. The van der Waals surface area contributed by atoms with Gasteiger partial charge in [-0.2, -0.15) is 0 Å². The van der Waals surface area contributed by atoms with Gasteiger partial charge in [-0.25, -0.2) is 9.78 Å². The quantitative estimate of drug-likeness (QED) is 0.365. The molecule has 0 unspecified atom stereocenters. The number of carboxylic acids is 1. The summed E-state index contributed by atoms with van der Waals surface area (Å²) in [4.78, 5) is 19.7. The normalized spacial score (nSPS) is 12.3. The first-order valence-electron chi connectivity index (χ1n) is 8.70. The van der Waals surface area contributed by atoms with Crippen molar-refractivity contribution < 1.29 is 9.90 Å². The van der Waals surface area contributed by atoms with E-state index in [0.29, 0.717) is 5.16 Å². The highest BCUT2D eigenvalue weighted by molar-refractivity contribution is 8.04. The molecule has 0 aliphatic rings. The molecule has 0 saturated carbocycles. The number of aromatic amines is 1. The van der Waals surface area contributed by atoms with Crippen LogP contribution < -0.4 is 0 Å². The predicted octanol–water partition coefficient (Wildman–Crippen LogP) is 5.32. The van der Waals surface area contributed by atoms with Crippen LogP contribution in [0.3, 0.4) is 0 Å². The first-order chi connectivity index (χ1) is 13.0. The minimum atomic E-state index is -0.971. The van der Waals surface area contributed by atoms with Gasteiger partial charge in [0.25, 0.3) is 0 Å². The van der Waals surface area contributed by atoms with Crippen molar-refractivity contribution in [1.82, 2.24) is 14.5 Å². The first-order valence-corrected chi connectivity index (χ1v) is 9.52.